The SMILES string of the molecule is FC(F)(F)c1nc(-c2ccc(NCCc3ccncc3)nc2)no1. The number of alkyl halides is 3. The van der Waals surface area contributed by atoms with Crippen LogP contribution in [-0.4, -0.2) is 26.7 Å². The van der Waals surface area contributed by atoms with Gasteiger partial charge in [0, 0.05) is 30.7 Å². The average Bonchev–Trinajstić information content (AvgIpc) is 3.07. The fraction of sp³-hybridized carbons (Fsp3) is 0.200. The Morgan fingerprint density at radius 3 is 2.50 bits per heavy atom. The molecule has 3 aromatic heterocycles. The first-order chi connectivity index (χ1) is 11.5. The lowest BCUT2D eigenvalue weighted by atomic mass is 10.2. The molecular formula is C15H12F3N5O. The number of pyridine rings is 2. The Hall–Kier alpha value is -2.97. The molecule has 0 aliphatic rings. The van der Waals surface area contributed by atoms with E-state index < -0.39 is 12.1 Å². The Kier molecular flexibility index (Phi) is 4.41. The Morgan fingerprint density at radius 1 is 1.08 bits per heavy atom. The number of aromatic nitrogens is 4. The third-order valence-electron chi connectivity index (χ3n) is 3.16. The maximum absolute atomic E-state index is 12.4. The smallest absolute Gasteiger partial charge is 0.370 e. The van der Waals surface area contributed by atoms with Crippen LogP contribution in [0.5, 0.6) is 0 Å². The number of halogens is 3. The molecule has 0 saturated heterocycles. The molecule has 3 rings (SSSR count). The number of nitrogens with one attached hydrogen (secondary N) is 1. The van der Waals surface area contributed by atoms with Gasteiger partial charge < -0.3 is 9.84 Å². The van der Waals surface area contributed by atoms with Gasteiger partial charge in [-0.3, -0.25) is 4.98 Å². The van der Waals surface area contributed by atoms with Crippen molar-refractivity contribution in [3.63, 3.8) is 0 Å². The Bertz CT molecular complexity index is 787. The predicted molar refractivity (Wildman–Crippen MR) is 79.0 cm³/mol. The minimum Gasteiger partial charge on any atom is -0.370 e. The highest BCUT2D eigenvalue weighted by Gasteiger charge is 2.38. The van der Waals surface area contributed by atoms with E-state index in [1.807, 2.05) is 12.1 Å². The van der Waals surface area contributed by atoms with E-state index in [2.05, 4.69) is 29.9 Å². The lowest BCUT2D eigenvalue weighted by Crippen LogP contribution is -2.06. The fourth-order valence-corrected chi connectivity index (χ4v) is 1.97. The molecule has 124 valence electrons. The van der Waals surface area contributed by atoms with Crippen molar-refractivity contribution in [2.75, 3.05) is 11.9 Å². The summed E-state index contributed by atoms with van der Waals surface area (Å²) in [7, 11) is 0. The molecule has 1 N–H and O–H groups in total. The van der Waals surface area contributed by atoms with Crippen molar-refractivity contribution in [2.45, 2.75) is 12.6 Å². The zero-order valence-corrected chi connectivity index (χ0v) is 12.3. The van der Waals surface area contributed by atoms with Gasteiger partial charge in [-0.15, -0.1) is 0 Å². The number of nitrogens with zero attached hydrogens (tertiary/aromatic N) is 4. The first kappa shape index (κ1) is 15.9. The Balaban J connectivity index is 1.60. The van der Waals surface area contributed by atoms with Crippen LogP contribution in [0.3, 0.4) is 0 Å². The first-order valence-corrected chi connectivity index (χ1v) is 7.02. The number of rotatable bonds is 5. The summed E-state index contributed by atoms with van der Waals surface area (Å²) in [6, 6.07) is 7.07. The molecule has 0 amide bonds. The van der Waals surface area contributed by atoms with Gasteiger partial charge in [-0.05, 0) is 36.2 Å². The van der Waals surface area contributed by atoms with Gasteiger partial charge in [0.25, 0.3) is 0 Å². The van der Waals surface area contributed by atoms with Crippen LogP contribution in [0.15, 0.2) is 47.4 Å². The third-order valence-corrected chi connectivity index (χ3v) is 3.16. The highest BCUT2D eigenvalue weighted by molar-refractivity contribution is 5.55. The molecule has 0 bridgehead atoms. The summed E-state index contributed by atoms with van der Waals surface area (Å²) in [6.45, 7) is 0.663. The lowest BCUT2D eigenvalue weighted by Gasteiger charge is -2.05. The van der Waals surface area contributed by atoms with Gasteiger partial charge in [0.2, 0.25) is 5.82 Å². The van der Waals surface area contributed by atoms with Crippen molar-refractivity contribution in [3.8, 4) is 11.4 Å². The van der Waals surface area contributed by atoms with Crippen LogP contribution in [0.4, 0.5) is 19.0 Å². The van der Waals surface area contributed by atoms with Crippen molar-refractivity contribution >= 4 is 5.82 Å². The maximum atomic E-state index is 12.4. The Labute approximate surface area is 134 Å². The molecule has 0 unspecified atom stereocenters. The molecule has 0 aromatic carbocycles. The van der Waals surface area contributed by atoms with E-state index in [1.54, 1.807) is 24.5 Å². The third kappa shape index (κ3) is 3.86. The second-order valence-electron chi connectivity index (χ2n) is 4.89. The summed E-state index contributed by atoms with van der Waals surface area (Å²) >= 11 is 0. The second-order valence-corrected chi connectivity index (χ2v) is 4.89. The minimum atomic E-state index is -4.66. The molecule has 0 aliphatic carbocycles. The molecule has 0 radical (unpaired) electrons. The monoisotopic (exact) mass is 335 g/mol. The molecule has 0 atom stereocenters. The minimum absolute atomic E-state index is 0.154. The van der Waals surface area contributed by atoms with E-state index in [4.69, 9.17) is 0 Å². The van der Waals surface area contributed by atoms with Gasteiger partial charge in [0.15, 0.2) is 0 Å². The highest BCUT2D eigenvalue weighted by Crippen LogP contribution is 2.29. The summed E-state index contributed by atoms with van der Waals surface area (Å²) in [5.41, 5.74) is 1.48. The molecular weight excluding hydrogens is 323 g/mol. The van der Waals surface area contributed by atoms with Crippen molar-refractivity contribution in [1.29, 1.82) is 0 Å². The van der Waals surface area contributed by atoms with Crippen LogP contribution >= 0.6 is 0 Å². The van der Waals surface area contributed by atoms with Crippen LogP contribution in [0.1, 0.15) is 11.5 Å². The topological polar surface area (TPSA) is 76.7 Å². The molecule has 6 nitrogen and oxygen atoms in total. The van der Waals surface area contributed by atoms with Gasteiger partial charge in [-0.1, -0.05) is 5.16 Å². The lowest BCUT2D eigenvalue weighted by molar-refractivity contribution is -0.159. The number of anilines is 1. The largest absolute Gasteiger partial charge is 0.471 e. The average molecular weight is 335 g/mol. The van der Waals surface area contributed by atoms with Gasteiger partial charge in [-0.2, -0.15) is 18.2 Å². The quantitative estimate of drug-likeness (QED) is 0.771. The van der Waals surface area contributed by atoms with E-state index in [0.29, 0.717) is 17.9 Å². The van der Waals surface area contributed by atoms with Crippen LogP contribution in [0.25, 0.3) is 11.4 Å². The number of hydrogen-bond acceptors (Lipinski definition) is 6. The zero-order chi connectivity index (χ0) is 17.0. The molecule has 0 fully saturated rings. The van der Waals surface area contributed by atoms with Crippen LogP contribution in [-0.2, 0) is 12.6 Å². The van der Waals surface area contributed by atoms with Crippen molar-refractivity contribution < 1.29 is 17.7 Å². The fourth-order valence-electron chi connectivity index (χ4n) is 1.97. The van der Waals surface area contributed by atoms with Crippen molar-refractivity contribution in [3.05, 3.63) is 54.3 Å². The van der Waals surface area contributed by atoms with Crippen molar-refractivity contribution in [1.82, 2.24) is 20.1 Å². The summed E-state index contributed by atoms with van der Waals surface area (Å²) < 4.78 is 41.5. The van der Waals surface area contributed by atoms with Gasteiger partial charge in [0.05, 0.1) is 0 Å². The van der Waals surface area contributed by atoms with Crippen LogP contribution in [0.2, 0.25) is 0 Å². The van der Waals surface area contributed by atoms with Gasteiger partial charge >= 0.3 is 12.1 Å². The van der Waals surface area contributed by atoms with Crippen LogP contribution < -0.4 is 5.32 Å². The first-order valence-electron chi connectivity index (χ1n) is 7.02. The van der Waals surface area contributed by atoms with Gasteiger partial charge in [-0.25, -0.2) is 4.98 Å². The maximum Gasteiger partial charge on any atom is 0.471 e. The molecule has 0 aliphatic heterocycles. The summed E-state index contributed by atoms with van der Waals surface area (Å²) in [5.74, 6) is -0.928. The number of hydrogen-bond donors (Lipinski definition) is 1. The van der Waals surface area contributed by atoms with E-state index in [0.717, 1.165) is 12.0 Å². The summed E-state index contributed by atoms with van der Waals surface area (Å²) in [6.07, 6.45) is 0.976. The molecule has 0 spiro atoms. The molecule has 3 heterocycles. The summed E-state index contributed by atoms with van der Waals surface area (Å²) in [5, 5.41) is 6.44. The van der Waals surface area contributed by atoms with Crippen molar-refractivity contribution in [2.24, 2.45) is 0 Å². The molecule has 3 aromatic rings. The summed E-state index contributed by atoms with van der Waals surface area (Å²) in [4.78, 5) is 11.4. The zero-order valence-electron chi connectivity index (χ0n) is 12.3. The molecule has 24 heavy (non-hydrogen) atoms. The standard InChI is InChI=1S/C15H12F3N5O/c16-15(17,18)14-22-13(23-24-14)11-1-2-12(21-9-11)20-8-5-10-3-6-19-7-4-10/h1-4,6-7,9H,5,8H2,(H,20,21). The highest BCUT2D eigenvalue weighted by atomic mass is 19.4. The van der Waals surface area contributed by atoms with E-state index in [-0.39, 0.29) is 5.82 Å². The van der Waals surface area contributed by atoms with Crippen LogP contribution in [0, 0.1) is 0 Å². The second kappa shape index (κ2) is 6.65. The van der Waals surface area contributed by atoms with E-state index in [1.165, 1.54) is 6.20 Å². The van der Waals surface area contributed by atoms with E-state index >= 15 is 0 Å². The predicted octanol–water partition coefficient (Wildman–Crippen LogP) is 3.20. The van der Waals surface area contributed by atoms with E-state index in [9.17, 15) is 13.2 Å². The molecule has 9 heteroatoms. The normalized spacial score (nSPS) is 11.5. The molecule has 0 saturated carbocycles. The van der Waals surface area contributed by atoms with Gasteiger partial charge in [0.1, 0.15) is 5.82 Å². The Morgan fingerprint density at radius 2 is 1.88 bits per heavy atom.